The van der Waals surface area contributed by atoms with Gasteiger partial charge < -0.3 is 14.6 Å². The van der Waals surface area contributed by atoms with Gasteiger partial charge in [0.2, 0.25) is 5.89 Å². The van der Waals surface area contributed by atoms with E-state index in [0.717, 1.165) is 44.3 Å². The molecule has 0 spiro atoms. The number of rotatable bonds is 5. The molecule has 1 saturated heterocycles. The number of hydrogen-bond acceptors (Lipinski definition) is 5. The summed E-state index contributed by atoms with van der Waals surface area (Å²) in [5.74, 6) is 2.88. The van der Waals surface area contributed by atoms with Crippen LogP contribution in [0.25, 0.3) is 0 Å². The van der Waals surface area contributed by atoms with Gasteiger partial charge in [0, 0.05) is 19.1 Å². The van der Waals surface area contributed by atoms with Crippen LogP contribution in [-0.4, -0.2) is 29.9 Å². The molecule has 5 nitrogen and oxygen atoms in total. The van der Waals surface area contributed by atoms with Gasteiger partial charge in [-0.3, -0.25) is 0 Å². The van der Waals surface area contributed by atoms with Crippen LogP contribution < -0.4 is 5.32 Å². The number of nitrogens with zero attached hydrogens (tertiary/aromatic N) is 2. The standard InChI is InChI=1S/C12H19N3O2/c1-2-9(1)7-13-8-11-14-12(15-17-11)10-3-5-16-6-4-10/h9-10,13H,1-8H2. The van der Waals surface area contributed by atoms with Gasteiger partial charge in [0.05, 0.1) is 6.54 Å². The lowest BCUT2D eigenvalue weighted by atomic mass is 10.00. The summed E-state index contributed by atoms with van der Waals surface area (Å²) in [5.41, 5.74) is 0. The molecular formula is C12H19N3O2. The first-order valence-electron chi connectivity index (χ1n) is 6.53. The highest BCUT2D eigenvalue weighted by Crippen LogP contribution is 2.27. The molecular weight excluding hydrogens is 218 g/mol. The molecule has 0 radical (unpaired) electrons. The maximum atomic E-state index is 5.33. The molecule has 1 aliphatic carbocycles. The van der Waals surface area contributed by atoms with Gasteiger partial charge in [0.1, 0.15) is 0 Å². The summed E-state index contributed by atoms with van der Waals surface area (Å²) in [4.78, 5) is 4.46. The zero-order valence-electron chi connectivity index (χ0n) is 10.0. The zero-order valence-corrected chi connectivity index (χ0v) is 10.0. The SMILES string of the molecule is C1CC(c2noc(CNCC3CC3)n2)CCO1. The first-order chi connectivity index (χ1) is 8.42. The third-order valence-corrected chi connectivity index (χ3v) is 3.48. The maximum absolute atomic E-state index is 5.33. The summed E-state index contributed by atoms with van der Waals surface area (Å²) < 4.78 is 10.6. The fraction of sp³-hybridized carbons (Fsp3) is 0.833. The van der Waals surface area contributed by atoms with Crippen LogP contribution in [-0.2, 0) is 11.3 Å². The first kappa shape index (κ1) is 11.2. The highest BCUT2D eigenvalue weighted by atomic mass is 16.5. The predicted octanol–water partition coefficient (Wildman–Crippen LogP) is 1.46. The number of ether oxygens (including phenoxy) is 1. The normalized spacial score (nSPS) is 21.9. The van der Waals surface area contributed by atoms with Gasteiger partial charge in [-0.05, 0) is 38.1 Å². The average molecular weight is 237 g/mol. The molecule has 0 unspecified atom stereocenters. The van der Waals surface area contributed by atoms with Gasteiger partial charge in [-0.25, -0.2) is 0 Å². The number of hydrogen-bond donors (Lipinski definition) is 1. The van der Waals surface area contributed by atoms with E-state index in [1.165, 1.54) is 12.8 Å². The number of nitrogens with one attached hydrogen (secondary N) is 1. The second-order valence-corrected chi connectivity index (χ2v) is 5.01. The monoisotopic (exact) mass is 237 g/mol. The summed E-state index contributed by atoms with van der Waals surface area (Å²) in [7, 11) is 0. The lowest BCUT2D eigenvalue weighted by Crippen LogP contribution is -2.17. The number of aromatic nitrogens is 2. The van der Waals surface area contributed by atoms with Gasteiger partial charge in [-0.15, -0.1) is 0 Å². The molecule has 1 N–H and O–H groups in total. The molecule has 0 atom stereocenters. The maximum Gasteiger partial charge on any atom is 0.240 e. The Morgan fingerprint density at radius 3 is 2.76 bits per heavy atom. The summed E-state index contributed by atoms with van der Waals surface area (Å²) in [5, 5.41) is 7.43. The Hall–Kier alpha value is -0.940. The van der Waals surface area contributed by atoms with Crippen LogP contribution in [0.15, 0.2) is 4.52 Å². The second-order valence-electron chi connectivity index (χ2n) is 5.01. The van der Waals surface area contributed by atoms with Crippen molar-refractivity contribution in [2.45, 2.75) is 38.1 Å². The van der Waals surface area contributed by atoms with Crippen molar-refractivity contribution in [3.05, 3.63) is 11.7 Å². The Kier molecular flexibility index (Phi) is 3.38. The van der Waals surface area contributed by atoms with E-state index in [1.54, 1.807) is 0 Å². The van der Waals surface area contributed by atoms with Gasteiger partial charge in [-0.1, -0.05) is 5.16 Å². The molecule has 2 heterocycles. The van der Waals surface area contributed by atoms with Crippen molar-refractivity contribution < 1.29 is 9.26 Å². The predicted molar refractivity (Wildman–Crippen MR) is 61.5 cm³/mol. The molecule has 1 aliphatic heterocycles. The van der Waals surface area contributed by atoms with E-state index >= 15 is 0 Å². The van der Waals surface area contributed by atoms with E-state index in [4.69, 9.17) is 9.26 Å². The lowest BCUT2D eigenvalue weighted by molar-refractivity contribution is 0.0830. The van der Waals surface area contributed by atoms with Gasteiger partial charge in [0.25, 0.3) is 0 Å². The average Bonchev–Trinajstić information content (AvgIpc) is 3.07. The van der Waals surface area contributed by atoms with Gasteiger partial charge >= 0.3 is 0 Å². The third-order valence-electron chi connectivity index (χ3n) is 3.48. The summed E-state index contributed by atoms with van der Waals surface area (Å²) in [6, 6.07) is 0. The van der Waals surface area contributed by atoms with E-state index in [1.807, 2.05) is 0 Å². The highest BCUT2D eigenvalue weighted by Gasteiger charge is 2.22. The molecule has 2 aliphatic rings. The van der Waals surface area contributed by atoms with E-state index < -0.39 is 0 Å². The van der Waals surface area contributed by atoms with Crippen molar-refractivity contribution in [3.8, 4) is 0 Å². The van der Waals surface area contributed by atoms with Crippen molar-refractivity contribution in [2.24, 2.45) is 5.92 Å². The fourth-order valence-corrected chi connectivity index (χ4v) is 2.17. The summed E-state index contributed by atoms with van der Waals surface area (Å²) >= 11 is 0. The van der Waals surface area contributed by atoms with Crippen LogP contribution in [0.3, 0.4) is 0 Å². The smallest absolute Gasteiger partial charge is 0.240 e. The molecule has 94 valence electrons. The van der Waals surface area contributed by atoms with E-state index in [2.05, 4.69) is 15.5 Å². The van der Waals surface area contributed by atoms with Gasteiger partial charge in [0.15, 0.2) is 5.82 Å². The Morgan fingerprint density at radius 1 is 1.18 bits per heavy atom. The Balaban J connectivity index is 1.49. The largest absolute Gasteiger partial charge is 0.381 e. The van der Waals surface area contributed by atoms with Crippen LogP contribution in [0.5, 0.6) is 0 Å². The molecule has 0 bridgehead atoms. The van der Waals surface area contributed by atoms with E-state index in [0.29, 0.717) is 18.4 Å². The molecule has 3 rings (SSSR count). The first-order valence-corrected chi connectivity index (χ1v) is 6.53. The molecule has 1 saturated carbocycles. The molecule has 5 heteroatoms. The van der Waals surface area contributed by atoms with Crippen molar-refractivity contribution in [1.82, 2.24) is 15.5 Å². The third kappa shape index (κ3) is 3.04. The quantitative estimate of drug-likeness (QED) is 0.840. The Bertz CT molecular complexity index is 356. The fourth-order valence-electron chi connectivity index (χ4n) is 2.17. The van der Waals surface area contributed by atoms with Crippen LogP contribution in [0.2, 0.25) is 0 Å². The Morgan fingerprint density at radius 2 is 2.00 bits per heavy atom. The highest BCUT2D eigenvalue weighted by molar-refractivity contribution is 4.96. The van der Waals surface area contributed by atoms with Gasteiger partial charge in [-0.2, -0.15) is 4.98 Å². The van der Waals surface area contributed by atoms with Crippen molar-refractivity contribution in [3.63, 3.8) is 0 Å². The summed E-state index contributed by atoms with van der Waals surface area (Å²) in [6.07, 6.45) is 4.75. The van der Waals surface area contributed by atoms with Crippen LogP contribution in [0.1, 0.15) is 43.3 Å². The van der Waals surface area contributed by atoms with Crippen molar-refractivity contribution >= 4 is 0 Å². The van der Waals surface area contributed by atoms with E-state index in [9.17, 15) is 0 Å². The zero-order chi connectivity index (χ0) is 11.5. The molecule has 0 amide bonds. The minimum Gasteiger partial charge on any atom is -0.381 e. The molecule has 1 aromatic heterocycles. The minimum atomic E-state index is 0.421. The Labute approximate surface area is 101 Å². The molecule has 17 heavy (non-hydrogen) atoms. The molecule has 2 fully saturated rings. The van der Waals surface area contributed by atoms with Crippen LogP contribution >= 0.6 is 0 Å². The van der Waals surface area contributed by atoms with Crippen molar-refractivity contribution in [1.29, 1.82) is 0 Å². The topological polar surface area (TPSA) is 60.2 Å². The van der Waals surface area contributed by atoms with Crippen LogP contribution in [0.4, 0.5) is 0 Å². The molecule has 0 aromatic carbocycles. The van der Waals surface area contributed by atoms with Crippen LogP contribution in [0, 0.1) is 5.92 Å². The lowest BCUT2D eigenvalue weighted by Gasteiger charge is -2.18. The summed E-state index contributed by atoms with van der Waals surface area (Å²) in [6.45, 7) is 3.41. The minimum absolute atomic E-state index is 0.421. The van der Waals surface area contributed by atoms with Crippen molar-refractivity contribution in [2.75, 3.05) is 19.8 Å². The van der Waals surface area contributed by atoms with E-state index in [-0.39, 0.29) is 0 Å². The second kappa shape index (κ2) is 5.14. The molecule has 1 aromatic rings.